The Labute approximate surface area is 123 Å². The normalized spacial score (nSPS) is 16.3. The average Bonchev–Trinajstić information content (AvgIpc) is 3.01. The molecule has 1 aliphatic heterocycles. The minimum atomic E-state index is -0.177. The Morgan fingerprint density at radius 2 is 2.05 bits per heavy atom. The van der Waals surface area contributed by atoms with Crippen LogP contribution in [-0.2, 0) is 13.1 Å². The number of rotatable bonds is 4. The highest BCUT2D eigenvalue weighted by Gasteiger charge is 2.26. The van der Waals surface area contributed by atoms with Crippen molar-refractivity contribution in [2.75, 3.05) is 13.7 Å². The number of nitrogens with zero attached hydrogens (tertiary/aromatic N) is 4. The molecule has 6 nitrogen and oxygen atoms in total. The molecule has 21 heavy (non-hydrogen) atoms. The van der Waals surface area contributed by atoms with Crippen LogP contribution in [0.1, 0.15) is 23.1 Å². The van der Waals surface area contributed by atoms with E-state index in [1.165, 1.54) is 0 Å². The molecular weight excluding hydrogens is 268 g/mol. The monoisotopic (exact) mass is 286 g/mol. The molecule has 0 amide bonds. The third kappa shape index (κ3) is 2.67. The molecule has 2 heterocycles. The Hall–Kier alpha value is -2.21. The van der Waals surface area contributed by atoms with E-state index in [2.05, 4.69) is 15.1 Å². The minimum absolute atomic E-state index is 0.116. The molecule has 0 aliphatic carbocycles. The zero-order valence-electron chi connectivity index (χ0n) is 12.2. The summed E-state index contributed by atoms with van der Waals surface area (Å²) in [7, 11) is 1.61. The van der Waals surface area contributed by atoms with Crippen molar-refractivity contribution in [1.29, 1.82) is 0 Å². The molecule has 1 atom stereocenters. The van der Waals surface area contributed by atoms with E-state index in [1.54, 1.807) is 13.4 Å². The summed E-state index contributed by atoms with van der Waals surface area (Å²) >= 11 is 0. The lowest BCUT2D eigenvalue weighted by Crippen LogP contribution is -2.43. The highest BCUT2D eigenvalue weighted by atomic mass is 16.5. The molecule has 0 N–H and O–H groups in total. The molecule has 0 spiro atoms. The molecule has 3 rings (SSSR count). The van der Waals surface area contributed by atoms with Gasteiger partial charge in [0, 0.05) is 18.7 Å². The van der Waals surface area contributed by atoms with E-state index in [0.717, 1.165) is 24.7 Å². The Morgan fingerprint density at radius 3 is 2.76 bits per heavy atom. The average molecular weight is 286 g/mol. The lowest BCUT2D eigenvalue weighted by Gasteiger charge is -2.31. The summed E-state index contributed by atoms with van der Waals surface area (Å²) in [6.07, 6.45) is 1.74. The maximum absolute atomic E-state index is 12.6. The second-order valence-corrected chi connectivity index (χ2v) is 5.18. The van der Waals surface area contributed by atoms with E-state index in [1.807, 2.05) is 35.8 Å². The number of methoxy groups -OCH3 is 1. The minimum Gasteiger partial charge on any atom is -0.497 e. The number of aromatic nitrogens is 3. The highest BCUT2D eigenvalue weighted by molar-refractivity contribution is 5.99. The van der Waals surface area contributed by atoms with Gasteiger partial charge in [-0.15, -0.1) is 10.2 Å². The van der Waals surface area contributed by atoms with Crippen LogP contribution in [0.5, 0.6) is 5.75 Å². The van der Waals surface area contributed by atoms with Gasteiger partial charge in [0.25, 0.3) is 0 Å². The van der Waals surface area contributed by atoms with Crippen molar-refractivity contribution in [1.82, 2.24) is 19.7 Å². The standard InChI is InChI=1S/C15H18N4O2/c1-11(15(20)12-3-5-13(21-2)6-4-12)18-7-8-19-10-16-17-14(19)9-18/h3-6,10-11H,7-9H2,1-2H3. The van der Waals surface area contributed by atoms with Gasteiger partial charge in [-0.2, -0.15) is 0 Å². The van der Waals surface area contributed by atoms with E-state index < -0.39 is 0 Å². The first-order valence-corrected chi connectivity index (χ1v) is 6.98. The van der Waals surface area contributed by atoms with Crippen LogP contribution < -0.4 is 4.74 Å². The van der Waals surface area contributed by atoms with Crippen molar-refractivity contribution in [3.63, 3.8) is 0 Å². The van der Waals surface area contributed by atoms with Gasteiger partial charge >= 0.3 is 0 Å². The van der Waals surface area contributed by atoms with Gasteiger partial charge in [0.2, 0.25) is 0 Å². The topological polar surface area (TPSA) is 60.2 Å². The first-order chi connectivity index (χ1) is 10.2. The number of benzene rings is 1. The number of fused-ring (bicyclic) bond motifs is 1. The maximum Gasteiger partial charge on any atom is 0.179 e. The lowest BCUT2D eigenvalue weighted by molar-refractivity contribution is 0.0793. The van der Waals surface area contributed by atoms with E-state index in [0.29, 0.717) is 12.1 Å². The summed E-state index contributed by atoms with van der Waals surface area (Å²) in [5.74, 6) is 1.78. The van der Waals surface area contributed by atoms with Gasteiger partial charge < -0.3 is 9.30 Å². The van der Waals surface area contributed by atoms with Gasteiger partial charge in [0.1, 0.15) is 17.9 Å². The number of carbonyl (C=O) groups excluding carboxylic acids is 1. The van der Waals surface area contributed by atoms with Crippen LogP contribution in [0.4, 0.5) is 0 Å². The van der Waals surface area contributed by atoms with Crippen molar-refractivity contribution >= 4 is 5.78 Å². The molecule has 0 saturated carbocycles. The summed E-state index contributed by atoms with van der Waals surface area (Å²) in [6, 6.07) is 7.07. The molecule has 1 unspecified atom stereocenters. The number of ether oxygens (including phenoxy) is 1. The fourth-order valence-corrected chi connectivity index (χ4v) is 2.58. The first kappa shape index (κ1) is 13.8. The second kappa shape index (κ2) is 5.65. The first-order valence-electron chi connectivity index (χ1n) is 6.98. The number of carbonyl (C=O) groups is 1. The smallest absolute Gasteiger partial charge is 0.179 e. The van der Waals surface area contributed by atoms with Crippen molar-refractivity contribution in [3.05, 3.63) is 42.0 Å². The molecule has 6 heteroatoms. The molecule has 1 aliphatic rings. The summed E-state index contributed by atoms with van der Waals surface area (Å²) in [6.45, 7) is 4.25. The van der Waals surface area contributed by atoms with E-state index in [4.69, 9.17) is 4.74 Å². The van der Waals surface area contributed by atoms with Crippen molar-refractivity contribution < 1.29 is 9.53 Å². The van der Waals surface area contributed by atoms with E-state index in [-0.39, 0.29) is 11.8 Å². The van der Waals surface area contributed by atoms with Crippen LogP contribution in [0.2, 0.25) is 0 Å². The second-order valence-electron chi connectivity index (χ2n) is 5.18. The fourth-order valence-electron chi connectivity index (χ4n) is 2.58. The molecule has 2 aromatic rings. The summed E-state index contributed by atoms with van der Waals surface area (Å²) < 4.78 is 7.15. The van der Waals surface area contributed by atoms with Crippen LogP contribution in [0.3, 0.4) is 0 Å². The van der Waals surface area contributed by atoms with Gasteiger partial charge in [-0.25, -0.2) is 0 Å². The van der Waals surface area contributed by atoms with E-state index >= 15 is 0 Å². The Morgan fingerprint density at radius 1 is 1.29 bits per heavy atom. The summed E-state index contributed by atoms with van der Waals surface area (Å²) in [4.78, 5) is 14.7. The van der Waals surface area contributed by atoms with Gasteiger partial charge in [-0.1, -0.05) is 0 Å². The van der Waals surface area contributed by atoms with Crippen LogP contribution in [0, 0.1) is 0 Å². The number of ketones is 1. The number of hydrogen-bond donors (Lipinski definition) is 0. The molecule has 1 aromatic heterocycles. The van der Waals surface area contributed by atoms with Gasteiger partial charge in [-0.3, -0.25) is 9.69 Å². The van der Waals surface area contributed by atoms with Crippen molar-refractivity contribution in [2.24, 2.45) is 0 Å². The lowest BCUT2D eigenvalue weighted by atomic mass is 10.0. The van der Waals surface area contributed by atoms with Crippen LogP contribution in [0.15, 0.2) is 30.6 Å². The van der Waals surface area contributed by atoms with Crippen molar-refractivity contribution in [2.45, 2.75) is 26.1 Å². The zero-order valence-corrected chi connectivity index (χ0v) is 12.2. The Bertz CT molecular complexity index is 635. The van der Waals surface area contributed by atoms with Crippen LogP contribution in [-0.4, -0.2) is 45.1 Å². The maximum atomic E-state index is 12.6. The fraction of sp³-hybridized carbons (Fsp3) is 0.400. The Balaban J connectivity index is 1.72. The molecular formula is C15H18N4O2. The molecule has 0 fully saturated rings. The third-order valence-electron chi connectivity index (χ3n) is 3.97. The Kier molecular flexibility index (Phi) is 3.70. The van der Waals surface area contributed by atoms with Gasteiger partial charge in [0.15, 0.2) is 5.78 Å². The molecule has 0 radical (unpaired) electrons. The number of hydrogen-bond acceptors (Lipinski definition) is 5. The van der Waals surface area contributed by atoms with Crippen LogP contribution in [0.25, 0.3) is 0 Å². The van der Waals surface area contributed by atoms with E-state index in [9.17, 15) is 4.79 Å². The molecule has 110 valence electrons. The van der Waals surface area contributed by atoms with Crippen LogP contribution >= 0.6 is 0 Å². The quantitative estimate of drug-likeness (QED) is 0.795. The summed E-state index contributed by atoms with van der Waals surface area (Å²) in [5, 5.41) is 7.99. The molecule has 1 aromatic carbocycles. The largest absolute Gasteiger partial charge is 0.497 e. The predicted octanol–water partition coefficient (Wildman–Crippen LogP) is 1.37. The SMILES string of the molecule is COc1ccc(C(=O)C(C)N2CCn3cnnc3C2)cc1. The van der Waals surface area contributed by atoms with Gasteiger partial charge in [-0.05, 0) is 31.2 Å². The predicted molar refractivity (Wildman–Crippen MR) is 77.2 cm³/mol. The highest BCUT2D eigenvalue weighted by Crippen LogP contribution is 2.18. The summed E-state index contributed by atoms with van der Waals surface area (Å²) in [5.41, 5.74) is 0.704. The van der Waals surface area contributed by atoms with Crippen molar-refractivity contribution in [3.8, 4) is 5.75 Å². The molecule has 0 bridgehead atoms. The third-order valence-corrected chi connectivity index (χ3v) is 3.97. The zero-order chi connectivity index (χ0) is 14.8. The number of Topliss-reactive ketones (excluding diaryl/α,β-unsaturated/α-hetero) is 1. The molecule has 0 saturated heterocycles. The van der Waals surface area contributed by atoms with Gasteiger partial charge in [0.05, 0.1) is 19.7 Å².